The molecule has 16 nitrogen and oxygen atoms in total. The van der Waals surface area contributed by atoms with Crippen molar-refractivity contribution in [3.8, 4) is 11.8 Å². The summed E-state index contributed by atoms with van der Waals surface area (Å²) >= 11 is 0. The second kappa shape index (κ2) is 15.3. The number of benzene rings is 1. The first-order chi connectivity index (χ1) is 23.5. The van der Waals surface area contributed by atoms with Gasteiger partial charge in [0.2, 0.25) is 5.60 Å². The minimum Gasteiger partial charge on any atom is -0.464 e. The lowest BCUT2D eigenvalue weighted by molar-refractivity contribution is -0.169. The molecule has 0 amide bonds. The SMILES string of the molecule is CCC(=O)O[C@@H]1[C@H](c2ccc3c(N)ncnn23)O[C@](C#N)(COP(=O)(N[C@@H](C)C(=O)OCC2CCC2)Oc2ccccc2)[C@H]1OC(=O)CC. The van der Waals surface area contributed by atoms with E-state index in [0.29, 0.717) is 5.52 Å². The van der Waals surface area contributed by atoms with E-state index in [0.717, 1.165) is 19.3 Å². The van der Waals surface area contributed by atoms with Gasteiger partial charge in [-0.15, -0.1) is 0 Å². The summed E-state index contributed by atoms with van der Waals surface area (Å²) in [5.74, 6) is -1.53. The molecule has 3 aromatic rings. The smallest absolute Gasteiger partial charge is 0.459 e. The van der Waals surface area contributed by atoms with Crippen LogP contribution in [-0.2, 0) is 42.4 Å². The van der Waals surface area contributed by atoms with E-state index in [9.17, 15) is 24.2 Å². The summed E-state index contributed by atoms with van der Waals surface area (Å²) < 4.78 is 50.6. The maximum absolute atomic E-state index is 14.4. The summed E-state index contributed by atoms with van der Waals surface area (Å²) in [7, 11) is -4.52. The number of para-hydroxylation sites is 1. The van der Waals surface area contributed by atoms with Crippen LogP contribution in [0.15, 0.2) is 48.8 Å². The number of hydrogen-bond acceptors (Lipinski definition) is 14. The summed E-state index contributed by atoms with van der Waals surface area (Å²) in [6.45, 7) is 3.96. The quantitative estimate of drug-likeness (QED) is 0.131. The zero-order chi connectivity index (χ0) is 35.2. The van der Waals surface area contributed by atoms with Crippen molar-refractivity contribution in [2.24, 2.45) is 5.92 Å². The van der Waals surface area contributed by atoms with E-state index in [1.165, 1.54) is 29.9 Å². The summed E-state index contributed by atoms with van der Waals surface area (Å²) in [4.78, 5) is 42.3. The molecular weight excluding hydrogens is 659 g/mol. The molecule has 262 valence electrons. The summed E-state index contributed by atoms with van der Waals surface area (Å²) in [6.07, 6.45) is -0.149. The molecule has 0 radical (unpaired) electrons. The average molecular weight is 699 g/mol. The van der Waals surface area contributed by atoms with Crippen molar-refractivity contribution in [2.75, 3.05) is 18.9 Å². The van der Waals surface area contributed by atoms with E-state index < -0.39 is 62.2 Å². The van der Waals surface area contributed by atoms with Gasteiger partial charge in [-0.25, -0.2) is 14.1 Å². The Kier molecular flexibility index (Phi) is 11.2. The Labute approximate surface area is 282 Å². The van der Waals surface area contributed by atoms with Crippen molar-refractivity contribution in [2.45, 2.75) is 82.8 Å². The van der Waals surface area contributed by atoms with Crippen LogP contribution in [0.2, 0.25) is 0 Å². The summed E-state index contributed by atoms with van der Waals surface area (Å²) in [5.41, 5.74) is 4.50. The number of carbonyl (C=O) groups is 3. The van der Waals surface area contributed by atoms with Crippen LogP contribution >= 0.6 is 7.75 Å². The number of nitrogen functional groups attached to an aromatic ring is 1. The lowest BCUT2D eigenvalue weighted by Crippen LogP contribution is -2.49. The van der Waals surface area contributed by atoms with E-state index in [4.69, 9.17) is 33.7 Å². The van der Waals surface area contributed by atoms with Crippen molar-refractivity contribution >= 4 is 37.0 Å². The van der Waals surface area contributed by atoms with Crippen LogP contribution in [0.1, 0.15) is 64.7 Å². The molecule has 2 aliphatic rings. The number of esters is 3. The van der Waals surface area contributed by atoms with Gasteiger partial charge in [0, 0.05) is 12.8 Å². The van der Waals surface area contributed by atoms with E-state index in [1.54, 1.807) is 44.2 Å². The number of nitrogens with zero attached hydrogens (tertiary/aromatic N) is 4. The van der Waals surface area contributed by atoms with Crippen LogP contribution < -0.4 is 15.3 Å². The van der Waals surface area contributed by atoms with Gasteiger partial charge in [0.05, 0.1) is 12.3 Å². The largest absolute Gasteiger partial charge is 0.464 e. The minimum absolute atomic E-state index is 0.0451. The number of ether oxygens (including phenoxy) is 4. The topological polar surface area (TPSA) is 216 Å². The van der Waals surface area contributed by atoms with Gasteiger partial charge in [-0.2, -0.15) is 15.4 Å². The third-order valence-corrected chi connectivity index (χ3v) is 9.92. The number of nitrogens with two attached hydrogens (primary N) is 1. The molecule has 3 heterocycles. The standard InChI is InChI=1S/C32H39N6O10P/c1-4-25(39)45-28-27(23-14-15-24-30(34)35-19-36-38(23)24)47-32(17-33,29(28)46-26(40)5-2)18-44-49(42,48-22-12-7-6-8-13-22)37-20(3)31(41)43-16-21-10-9-11-21/h6-8,12-15,19-21,27-29H,4-5,9-11,16,18H2,1-3H3,(H,37,42)(H2,34,35,36)/t20-,27-,28+,29-,32+,49?/m0/s1. The van der Waals surface area contributed by atoms with Gasteiger partial charge in [-0.3, -0.25) is 18.9 Å². The lowest BCUT2D eigenvalue weighted by atomic mass is 9.86. The number of rotatable bonds is 15. The summed E-state index contributed by atoms with van der Waals surface area (Å²) in [5, 5.41) is 17.5. The first-order valence-corrected chi connectivity index (χ1v) is 17.6. The molecule has 3 N–H and O–H groups in total. The van der Waals surface area contributed by atoms with Crippen LogP contribution in [0.4, 0.5) is 5.82 Å². The number of fused-ring (bicyclic) bond motifs is 1. The number of aromatic nitrogens is 3. The molecule has 1 aliphatic heterocycles. The Morgan fingerprint density at radius 2 is 1.86 bits per heavy atom. The Bertz CT molecular complexity index is 1740. The zero-order valence-corrected chi connectivity index (χ0v) is 28.2. The lowest BCUT2D eigenvalue weighted by Gasteiger charge is -2.30. The number of anilines is 1. The Balaban J connectivity index is 1.49. The molecule has 0 bridgehead atoms. The van der Waals surface area contributed by atoms with Crippen molar-refractivity contribution in [3.63, 3.8) is 0 Å². The molecule has 6 atom stereocenters. The number of nitriles is 1. The molecule has 1 aliphatic carbocycles. The highest BCUT2D eigenvalue weighted by atomic mass is 31.2. The third-order valence-electron chi connectivity index (χ3n) is 8.30. The van der Waals surface area contributed by atoms with Crippen LogP contribution in [0.5, 0.6) is 5.75 Å². The van der Waals surface area contributed by atoms with Gasteiger partial charge >= 0.3 is 25.7 Å². The van der Waals surface area contributed by atoms with E-state index in [2.05, 4.69) is 15.2 Å². The third kappa shape index (κ3) is 8.02. The van der Waals surface area contributed by atoms with Crippen molar-refractivity contribution in [3.05, 3.63) is 54.5 Å². The average Bonchev–Trinajstić information content (AvgIpc) is 3.63. The first kappa shape index (κ1) is 35.7. The fraction of sp³-hybridized carbons (Fsp3) is 0.500. The van der Waals surface area contributed by atoms with Gasteiger partial charge in [-0.05, 0) is 49.9 Å². The molecule has 2 aromatic heterocycles. The highest BCUT2D eigenvalue weighted by Crippen LogP contribution is 2.50. The molecule has 49 heavy (non-hydrogen) atoms. The fourth-order valence-corrected chi connectivity index (χ4v) is 6.87. The molecule has 1 saturated carbocycles. The predicted molar refractivity (Wildman–Crippen MR) is 171 cm³/mol. The monoisotopic (exact) mass is 698 g/mol. The second-order valence-corrected chi connectivity index (χ2v) is 13.5. The van der Waals surface area contributed by atoms with Crippen LogP contribution in [0, 0.1) is 17.2 Å². The molecule has 1 aromatic carbocycles. The number of carbonyl (C=O) groups excluding carboxylic acids is 3. The van der Waals surface area contributed by atoms with Crippen molar-refractivity contribution in [1.82, 2.24) is 19.7 Å². The molecular formula is C32H39N6O10P. The predicted octanol–water partition coefficient (Wildman–Crippen LogP) is 3.81. The number of nitrogens with one attached hydrogen (secondary N) is 1. The van der Waals surface area contributed by atoms with E-state index >= 15 is 0 Å². The highest BCUT2D eigenvalue weighted by Gasteiger charge is 2.62. The molecule has 1 saturated heterocycles. The van der Waals surface area contributed by atoms with Crippen molar-refractivity contribution in [1.29, 1.82) is 5.26 Å². The van der Waals surface area contributed by atoms with E-state index in [1.807, 2.05) is 6.07 Å². The van der Waals surface area contributed by atoms with Crippen LogP contribution in [0.25, 0.3) is 5.52 Å². The normalized spacial score (nSPS) is 23.8. The van der Waals surface area contributed by atoms with Gasteiger partial charge in [0.1, 0.15) is 42.4 Å². The maximum atomic E-state index is 14.4. The van der Waals surface area contributed by atoms with Gasteiger partial charge in [0.15, 0.2) is 18.0 Å². The number of hydrogen-bond donors (Lipinski definition) is 2. The molecule has 17 heteroatoms. The van der Waals surface area contributed by atoms with Gasteiger partial charge in [0.25, 0.3) is 0 Å². The van der Waals surface area contributed by atoms with Crippen LogP contribution in [0.3, 0.4) is 0 Å². The Morgan fingerprint density at radius 1 is 1.14 bits per heavy atom. The second-order valence-electron chi connectivity index (χ2n) is 11.8. The molecule has 0 spiro atoms. The zero-order valence-electron chi connectivity index (χ0n) is 27.4. The minimum atomic E-state index is -4.52. The van der Waals surface area contributed by atoms with E-state index in [-0.39, 0.29) is 42.6 Å². The van der Waals surface area contributed by atoms with Gasteiger partial charge < -0.3 is 29.2 Å². The Hall–Kier alpha value is -4.55. The van der Waals surface area contributed by atoms with Crippen LogP contribution in [-0.4, -0.2) is 69.6 Å². The highest BCUT2D eigenvalue weighted by molar-refractivity contribution is 7.52. The Morgan fingerprint density at radius 3 is 2.51 bits per heavy atom. The first-order valence-electron chi connectivity index (χ1n) is 16.0. The fourth-order valence-electron chi connectivity index (χ4n) is 5.35. The van der Waals surface area contributed by atoms with Crippen molar-refractivity contribution < 1.29 is 46.9 Å². The molecule has 1 unspecified atom stereocenters. The molecule has 5 rings (SSSR count). The molecule has 2 fully saturated rings. The van der Waals surface area contributed by atoms with Gasteiger partial charge in [-0.1, -0.05) is 38.5 Å². The maximum Gasteiger partial charge on any atom is 0.459 e. The summed E-state index contributed by atoms with van der Waals surface area (Å²) in [6, 6.07) is 12.1.